The van der Waals surface area contributed by atoms with Gasteiger partial charge in [0, 0.05) is 64.6 Å². The van der Waals surface area contributed by atoms with Crippen LogP contribution in [0, 0.1) is 5.92 Å². The van der Waals surface area contributed by atoms with Gasteiger partial charge in [0.1, 0.15) is 60.9 Å². The first-order chi connectivity index (χ1) is 32.6. The van der Waals surface area contributed by atoms with Crippen LogP contribution in [-0.2, 0) is 62.0 Å². The third kappa shape index (κ3) is 16.0. The van der Waals surface area contributed by atoms with Crippen LogP contribution in [0.25, 0.3) is 0 Å². The van der Waals surface area contributed by atoms with Gasteiger partial charge in [-0.05, 0) is 19.6 Å². The topological polar surface area (TPSA) is 419 Å². The van der Waals surface area contributed by atoms with Crippen LogP contribution in [0.15, 0.2) is 0 Å². The summed E-state index contributed by atoms with van der Waals surface area (Å²) < 4.78 is 33.8. The molecule has 17 atom stereocenters. The van der Waals surface area contributed by atoms with Crippen molar-refractivity contribution in [1.82, 2.24) is 20.9 Å². The summed E-state index contributed by atoms with van der Waals surface area (Å²) in [4.78, 5) is 88.1. The number of aliphatic carboxylic acids is 1. The first kappa shape index (κ1) is 61.7. The fourth-order valence-corrected chi connectivity index (χ4v) is 9.02. The summed E-state index contributed by atoms with van der Waals surface area (Å²) >= 11 is 1.27. The zero-order valence-electron chi connectivity index (χ0n) is 39.2. The van der Waals surface area contributed by atoms with E-state index in [0.29, 0.717) is 6.42 Å². The Kier molecular flexibility index (Phi) is 25.4. The average Bonchev–Trinajstić information content (AvgIpc) is 3.59. The second-order valence-electron chi connectivity index (χ2n) is 17.1. The van der Waals surface area contributed by atoms with Crippen molar-refractivity contribution in [3.8, 4) is 0 Å². The molecule has 4 fully saturated rings. The summed E-state index contributed by atoms with van der Waals surface area (Å²) in [7, 11) is 0. The number of hydrogen-bond acceptors (Lipinski definition) is 24. The van der Waals surface area contributed by atoms with Crippen molar-refractivity contribution in [1.29, 1.82) is 0 Å². The molecule has 0 radical (unpaired) electrons. The number of aliphatic hydroxyl groups is 9. The molecule has 0 bridgehead atoms. The summed E-state index contributed by atoms with van der Waals surface area (Å²) in [5, 5.41) is 116. The van der Waals surface area contributed by atoms with E-state index in [1.165, 1.54) is 18.7 Å². The van der Waals surface area contributed by atoms with Gasteiger partial charge >= 0.3 is 29.6 Å². The zero-order chi connectivity index (χ0) is 51.3. The van der Waals surface area contributed by atoms with E-state index >= 15 is 0 Å². The van der Waals surface area contributed by atoms with Gasteiger partial charge in [0.2, 0.25) is 35.3 Å². The molecule has 4 heterocycles. The van der Waals surface area contributed by atoms with E-state index in [2.05, 4.69) is 16.0 Å². The molecule has 29 heteroatoms. The molecule has 4 saturated heterocycles. The number of carboxylic acids is 1. The molecule has 4 rings (SSSR count). The number of nitrogens with zero attached hydrogens (tertiary/aromatic N) is 1. The Morgan fingerprint density at radius 1 is 0.929 bits per heavy atom. The number of ether oxygens (including phenoxy) is 6. The van der Waals surface area contributed by atoms with E-state index in [-0.39, 0.29) is 92.8 Å². The molecule has 4 aliphatic rings. The first-order valence-corrected chi connectivity index (χ1v) is 23.6. The van der Waals surface area contributed by atoms with Crippen molar-refractivity contribution in [3.63, 3.8) is 0 Å². The molecule has 0 saturated carbocycles. The van der Waals surface area contributed by atoms with Crippen molar-refractivity contribution in [2.75, 3.05) is 58.9 Å². The number of carbonyl (C=O) groups excluding carboxylic acids is 7. The Morgan fingerprint density at radius 3 is 2.17 bits per heavy atom. The second-order valence-corrected chi connectivity index (χ2v) is 18.2. The molecule has 5 amide bonds. The predicted octanol–water partition coefficient (Wildman–Crippen LogP) is -11.4. The monoisotopic (exact) mass is 1040 g/mol. The Balaban J connectivity index is 0.0000130. The summed E-state index contributed by atoms with van der Waals surface area (Å²) in [5.41, 5.74) is 0. The van der Waals surface area contributed by atoms with Gasteiger partial charge in [0.15, 0.2) is 12.1 Å². The maximum Gasteiger partial charge on any atom is 1.00 e. The van der Waals surface area contributed by atoms with E-state index in [1.807, 2.05) is 0 Å². The third-order valence-corrected chi connectivity index (χ3v) is 13.1. The molecular formula is C41H65N4NaO23S. The van der Waals surface area contributed by atoms with Crippen molar-refractivity contribution < 1.29 is 143 Å². The van der Waals surface area contributed by atoms with E-state index in [9.17, 15) is 84.6 Å². The van der Waals surface area contributed by atoms with Crippen molar-refractivity contribution in [2.24, 2.45) is 5.92 Å². The smallest absolute Gasteiger partial charge is 0.544 e. The molecule has 0 aliphatic carbocycles. The second kappa shape index (κ2) is 28.8. The van der Waals surface area contributed by atoms with Gasteiger partial charge in [-0.3, -0.25) is 33.7 Å². The summed E-state index contributed by atoms with van der Waals surface area (Å²) in [6.45, 7) is -0.627. The number of aliphatic hydroxyl groups excluding tert-OH is 9. The standard InChI is InChI=1S/C41H66N4O23S.Na/c1-18-30(44-19(2)49)36(32(57)24(16-47)64-18)66-39-34(59)37(33(58)25(17-48)65-39)68-41(40(61)62)13-22(51)21(35(67-41)31(56)23(52)15-46)11-20(50)14-43-28(54)6-10-63-9-4-7-42-27(53)5-8-45-29(55)12-26(69-3)38(45)60;/h18,21-26,30-37,39,46-48,51-52,56-59H,4-17H2,1-3H3,(H,42,53)(H,43,54)(H,44,49)(H,61,62);/q;+1/p-1/t18-,21-,22-,23-,24?,25?,26?,30?,31?,32+,33+,34?,35?,36-,37+,39+,41+;/m1./s1. The molecule has 70 heavy (non-hydrogen) atoms. The molecule has 0 aromatic heterocycles. The fourth-order valence-electron chi connectivity index (χ4n) is 8.38. The maximum atomic E-state index is 13.2. The number of likely N-dealkylation sites (tertiary alicyclic amines) is 1. The number of carboxylic acid groups (broad SMARTS) is 1. The van der Waals surface area contributed by atoms with Gasteiger partial charge in [-0.2, -0.15) is 11.8 Å². The number of Topliss-reactive ketones (excluding diaryl/α,β-unsaturated/α-hetero) is 1. The molecular weight excluding hydrogens is 972 g/mol. The molecule has 394 valence electrons. The van der Waals surface area contributed by atoms with E-state index in [1.54, 1.807) is 6.26 Å². The quantitative estimate of drug-likeness (QED) is 0.0217. The average molecular weight is 1040 g/mol. The number of rotatable bonds is 26. The zero-order valence-corrected chi connectivity index (χ0v) is 42.0. The largest absolute Gasteiger partial charge is 1.00 e. The van der Waals surface area contributed by atoms with Crippen LogP contribution in [0.2, 0.25) is 0 Å². The number of nitrogens with one attached hydrogen (secondary N) is 3. The maximum absolute atomic E-state index is 13.2. The molecule has 4 aliphatic heterocycles. The number of hydrogen-bond donors (Lipinski definition) is 12. The Bertz CT molecular complexity index is 1780. The van der Waals surface area contributed by atoms with Crippen molar-refractivity contribution in [3.05, 3.63) is 0 Å². The van der Waals surface area contributed by atoms with E-state index in [4.69, 9.17) is 28.4 Å². The van der Waals surface area contributed by atoms with Gasteiger partial charge in [-0.1, -0.05) is 0 Å². The van der Waals surface area contributed by atoms with Gasteiger partial charge < -0.3 is 100 Å². The van der Waals surface area contributed by atoms with Crippen LogP contribution in [0.4, 0.5) is 0 Å². The predicted molar refractivity (Wildman–Crippen MR) is 227 cm³/mol. The number of carbonyl (C=O) groups is 7. The van der Waals surface area contributed by atoms with Crippen LogP contribution < -0.4 is 50.6 Å². The normalized spacial score (nSPS) is 34.3. The van der Waals surface area contributed by atoms with Crippen LogP contribution in [0.5, 0.6) is 0 Å². The SMILES string of the molecule is CSC1CC(=O)N(CCC(=O)NCCCOCCC(=O)NCC(=O)C[C@H]2C(C(O)[C@H](O)CO)O[C@@](O[C@@H]3C(O)[C@H](O[C@@H]4C(NC(C)=O)[C@@H](C)OC(CO)[C@@H]4O)OC(CO)[C@@H]3O)(C(=O)[O-])C[C@H]2O)C1=O.[Na+]. The van der Waals surface area contributed by atoms with E-state index in [0.717, 1.165) is 11.8 Å². The first-order valence-electron chi connectivity index (χ1n) is 22.3. The molecule has 7 unspecified atom stereocenters. The molecule has 0 spiro atoms. The molecule has 0 aromatic rings. The Hall–Kier alpha value is -2.56. The van der Waals surface area contributed by atoms with Gasteiger partial charge in [-0.15, -0.1) is 0 Å². The molecule has 0 aromatic carbocycles. The van der Waals surface area contributed by atoms with Gasteiger partial charge in [0.05, 0.1) is 62.6 Å². The Morgan fingerprint density at radius 2 is 1.57 bits per heavy atom. The summed E-state index contributed by atoms with van der Waals surface area (Å²) in [5.74, 6) is -10.1. The van der Waals surface area contributed by atoms with Crippen molar-refractivity contribution in [2.45, 2.75) is 149 Å². The number of amides is 5. The fraction of sp³-hybridized carbons (Fsp3) is 0.829. The number of ketones is 1. The number of imide groups is 1. The van der Waals surface area contributed by atoms with Crippen LogP contribution in [0.1, 0.15) is 52.4 Å². The third-order valence-electron chi connectivity index (χ3n) is 12.2. The summed E-state index contributed by atoms with van der Waals surface area (Å²) in [6.07, 6.45) is -23.9. The van der Waals surface area contributed by atoms with Crippen LogP contribution in [0.3, 0.4) is 0 Å². The molecule has 12 N–H and O–H groups in total. The minimum absolute atomic E-state index is 0. The van der Waals surface area contributed by atoms with Crippen molar-refractivity contribution >= 4 is 53.1 Å². The van der Waals surface area contributed by atoms with Crippen LogP contribution in [-0.4, -0.2) is 248 Å². The van der Waals surface area contributed by atoms with Crippen LogP contribution >= 0.6 is 11.8 Å². The molecule has 27 nitrogen and oxygen atoms in total. The summed E-state index contributed by atoms with van der Waals surface area (Å²) in [6, 6.07) is -1.15. The minimum atomic E-state index is -3.23. The van der Waals surface area contributed by atoms with Gasteiger partial charge in [0.25, 0.3) is 0 Å². The van der Waals surface area contributed by atoms with E-state index < -0.39 is 165 Å². The Labute approximate surface area is 428 Å². The van der Waals surface area contributed by atoms with Gasteiger partial charge in [-0.25, -0.2) is 0 Å². The number of thioether (sulfide) groups is 1. The minimum Gasteiger partial charge on any atom is -0.544 e.